The van der Waals surface area contributed by atoms with Gasteiger partial charge >= 0.3 is 0 Å². The first kappa shape index (κ1) is 24.5. The van der Waals surface area contributed by atoms with E-state index in [1.165, 1.54) is 0 Å². The van der Waals surface area contributed by atoms with Gasteiger partial charge in [-0.05, 0) is 42.8 Å². The molecule has 36 heavy (non-hydrogen) atoms. The third-order valence-electron chi connectivity index (χ3n) is 6.55. The number of aliphatic hydroxyl groups is 1. The van der Waals surface area contributed by atoms with Crippen LogP contribution in [0.3, 0.4) is 0 Å². The van der Waals surface area contributed by atoms with Gasteiger partial charge < -0.3 is 14.4 Å². The monoisotopic (exact) mass is 522 g/mol. The fourth-order valence-corrected chi connectivity index (χ4v) is 5.02. The fraction of sp³-hybridized carbons (Fsp3) is 0.222. The molecule has 0 saturated carbocycles. The number of carbonyl (C=O) groups is 1. The fourth-order valence-electron chi connectivity index (χ4n) is 4.78. The standard InChI is InChI=1S/C27H24Cl2N4O3/c1-26(35,16-32-12-11-30-17-32)19-5-10-24-23(13-19)25(34)33(15-22-9-8-21(29)14-31-22)27(24,36-2)18-3-6-20(28)7-4-18/h3-14,17,35H,15-16H2,1-2H3/t26?,27-/m1/s1. The number of pyridine rings is 1. The molecular formula is C27H24Cl2N4O3. The summed E-state index contributed by atoms with van der Waals surface area (Å²) in [7, 11) is 1.57. The lowest BCUT2D eigenvalue weighted by atomic mass is 9.88. The summed E-state index contributed by atoms with van der Waals surface area (Å²) < 4.78 is 7.97. The number of fused-ring (bicyclic) bond motifs is 1. The lowest BCUT2D eigenvalue weighted by Crippen LogP contribution is -2.45. The van der Waals surface area contributed by atoms with Crippen molar-refractivity contribution in [1.82, 2.24) is 19.4 Å². The van der Waals surface area contributed by atoms with Crippen molar-refractivity contribution in [2.45, 2.75) is 31.3 Å². The summed E-state index contributed by atoms with van der Waals surface area (Å²) in [5, 5.41) is 12.4. The number of rotatable bonds is 7. The Bertz CT molecular complexity index is 1390. The van der Waals surface area contributed by atoms with E-state index in [0.717, 1.165) is 5.56 Å². The number of methoxy groups -OCH3 is 1. The average molecular weight is 523 g/mol. The molecule has 1 N–H and O–H groups in total. The first-order valence-corrected chi connectivity index (χ1v) is 12.1. The molecule has 0 radical (unpaired) electrons. The van der Waals surface area contributed by atoms with Crippen molar-refractivity contribution in [3.8, 4) is 0 Å². The minimum atomic E-state index is -1.24. The van der Waals surface area contributed by atoms with Gasteiger partial charge in [-0.25, -0.2) is 4.98 Å². The molecule has 1 aliphatic rings. The molecule has 0 fully saturated rings. The molecule has 1 unspecified atom stereocenters. The topological polar surface area (TPSA) is 80.5 Å². The Morgan fingerprint density at radius 3 is 2.47 bits per heavy atom. The third-order valence-corrected chi connectivity index (χ3v) is 7.03. The highest BCUT2D eigenvalue weighted by Gasteiger charge is 2.52. The zero-order chi connectivity index (χ0) is 25.5. The number of ether oxygens (including phenoxy) is 1. The first-order chi connectivity index (χ1) is 17.2. The molecule has 0 spiro atoms. The second kappa shape index (κ2) is 9.33. The van der Waals surface area contributed by atoms with Crippen molar-refractivity contribution in [3.05, 3.63) is 118 Å². The molecule has 0 saturated heterocycles. The number of nitrogens with zero attached hydrogens (tertiary/aromatic N) is 4. The average Bonchev–Trinajstić information content (AvgIpc) is 3.45. The van der Waals surface area contributed by atoms with E-state index in [4.69, 9.17) is 27.9 Å². The number of carbonyl (C=O) groups excluding carboxylic acids is 1. The maximum absolute atomic E-state index is 13.9. The number of amides is 1. The smallest absolute Gasteiger partial charge is 0.257 e. The Hall–Kier alpha value is -3.23. The minimum absolute atomic E-state index is 0.182. The van der Waals surface area contributed by atoms with Crippen molar-refractivity contribution < 1.29 is 14.6 Å². The number of hydrogen-bond donors (Lipinski definition) is 1. The molecule has 1 aliphatic heterocycles. The Balaban J connectivity index is 1.63. The number of halogens is 2. The van der Waals surface area contributed by atoms with Gasteiger partial charge in [-0.15, -0.1) is 0 Å². The molecule has 9 heteroatoms. The predicted molar refractivity (Wildman–Crippen MR) is 137 cm³/mol. The summed E-state index contributed by atoms with van der Waals surface area (Å²) >= 11 is 12.2. The predicted octanol–water partition coefficient (Wildman–Crippen LogP) is 5.00. The lowest BCUT2D eigenvalue weighted by Gasteiger charge is -2.38. The van der Waals surface area contributed by atoms with Gasteiger partial charge in [-0.3, -0.25) is 14.7 Å². The van der Waals surface area contributed by atoms with Gasteiger partial charge in [-0.1, -0.05) is 47.5 Å². The number of benzene rings is 2. The molecule has 7 nitrogen and oxygen atoms in total. The Morgan fingerprint density at radius 1 is 1.08 bits per heavy atom. The van der Waals surface area contributed by atoms with E-state index in [0.29, 0.717) is 32.4 Å². The SMILES string of the molecule is CO[C@]1(c2ccc(Cl)cc2)c2ccc(C(C)(O)Cn3ccnc3)cc2C(=O)N1Cc1ccc(Cl)cn1. The van der Waals surface area contributed by atoms with Crippen LogP contribution in [-0.2, 0) is 29.2 Å². The van der Waals surface area contributed by atoms with Gasteiger partial charge in [0, 0.05) is 47.4 Å². The van der Waals surface area contributed by atoms with Crippen LogP contribution in [0.5, 0.6) is 0 Å². The summed E-state index contributed by atoms with van der Waals surface area (Å²) in [6.45, 7) is 2.18. The van der Waals surface area contributed by atoms with Crippen LogP contribution in [-0.4, -0.2) is 37.6 Å². The van der Waals surface area contributed by atoms with Crippen LogP contribution in [0.1, 0.15) is 39.7 Å². The quantitative estimate of drug-likeness (QED) is 0.369. The van der Waals surface area contributed by atoms with Crippen molar-refractivity contribution in [3.63, 3.8) is 0 Å². The zero-order valence-electron chi connectivity index (χ0n) is 19.7. The first-order valence-electron chi connectivity index (χ1n) is 11.3. The van der Waals surface area contributed by atoms with Gasteiger partial charge in [0.1, 0.15) is 5.60 Å². The van der Waals surface area contributed by atoms with E-state index in [1.807, 2.05) is 24.3 Å². The van der Waals surface area contributed by atoms with Crippen molar-refractivity contribution in [2.24, 2.45) is 0 Å². The molecule has 5 rings (SSSR count). The van der Waals surface area contributed by atoms with E-state index >= 15 is 0 Å². The van der Waals surface area contributed by atoms with Gasteiger partial charge in [0.15, 0.2) is 5.72 Å². The Kier molecular flexibility index (Phi) is 6.34. The van der Waals surface area contributed by atoms with Crippen LogP contribution in [0.25, 0.3) is 0 Å². The van der Waals surface area contributed by atoms with Crippen LogP contribution in [0, 0.1) is 0 Å². The van der Waals surface area contributed by atoms with Crippen molar-refractivity contribution in [2.75, 3.05) is 7.11 Å². The van der Waals surface area contributed by atoms with Crippen LogP contribution >= 0.6 is 23.2 Å². The normalized spacial score (nSPS) is 18.8. The van der Waals surface area contributed by atoms with E-state index in [-0.39, 0.29) is 19.0 Å². The lowest BCUT2D eigenvalue weighted by molar-refractivity contribution is -0.0868. The minimum Gasteiger partial charge on any atom is -0.384 e. The van der Waals surface area contributed by atoms with E-state index in [1.54, 1.807) is 78.8 Å². The third kappa shape index (κ3) is 4.18. The summed E-state index contributed by atoms with van der Waals surface area (Å²) in [5.41, 5.74) is 0.676. The second-order valence-electron chi connectivity index (χ2n) is 8.98. The molecule has 2 aromatic heterocycles. The molecular weight excluding hydrogens is 499 g/mol. The van der Waals surface area contributed by atoms with Gasteiger partial charge in [0.05, 0.1) is 30.1 Å². The summed E-state index contributed by atoms with van der Waals surface area (Å²) in [6.07, 6.45) is 6.63. The van der Waals surface area contributed by atoms with Gasteiger partial charge in [0.2, 0.25) is 0 Å². The van der Waals surface area contributed by atoms with Crippen LogP contribution in [0.4, 0.5) is 0 Å². The van der Waals surface area contributed by atoms with E-state index < -0.39 is 11.3 Å². The Labute approximate surface area is 218 Å². The summed E-state index contributed by atoms with van der Waals surface area (Å²) in [6, 6.07) is 16.2. The molecule has 4 aromatic rings. The van der Waals surface area contributed by atoms with E-state index in [2.05, 4.69) is 9.97 Å². The highest BCUT2D eigenvalue weighted by Crippen LogP contribution is 2.46. The number of hydrogen-bond acceptors (Lipinski definition) is 5. The van der Waals surface area contributed by atoms with Crippen molar-refractivity contribution >= 4 is 29.1 Å². The van der Waals surface area contributed by atoms with Crippen LogP contribution < -0.4 is 0 Å². The van der Waals surface area contributed by atoms with Crippen LogP contribution in [0.15, 0.2) is 79.5 Å². The van der Waals surface area contributed by atoms with Gasteiger partial charge in [-0.2, -0.15) is 0 Å². The highest BCUT2D eigenvalue weighted by atomic mass is 35.5. The Morgan fingerprint density at radius 2 is 1.83 bits per heavy atom. The molecule has 3 heterocycles. The molecule has 0 aliphatic carbocycles. The summed E-state index contributed by atoms with van der Waals surface area (Å²) in [5.74, 6) is -0.237. The highest BCUT2D eigenvalue weighted by molar-refractivity contribution is 6.30. The second-order valence-corrected chi connectivity index (χ2v) is 9.86. The number of imidazole rings is 1. The molecule has 1 amide bonds. The molecule has 2 aromatic carbocycles. The molecule has 0 bridgehead atoms. The van der Waals surface area contributed by atoms with E-state index in [9.17, 15) is 9.90 Å². The van der Waals surface area contributed by atoms with Crippen molar-refractivity contribution in [1.29, 1.82) is 0 Å². The maximum atomic E-state index is 13.9. The maximum Gasteiger partial charge on any atom is 0.257 e. The largest absolute Gasteiger partial charge is 0.384 e. The van der Waals surface area contributed by atoms with Gasteiger partial charge in [0.25, 0.3) is 5.91 Å². The summed E-state index contributed by atoms with van der Waals surface area (Å²) in [4.78, 5) is 24.0. The number of aromatic nitrogens is 3. The zero-order valence-corrected chi connectivity index (χ0v) is 21.2. The molecule has 184 valence electrons. The van der Waals surface area contributed by atoms with Crippen LogP contribution in [0.2, 0.25) is 10.0 Å². The molecule has 2 atom stereocenters.